The summed E-state index contributed by atoms with van der Waals surface area (Å²) in [6.07, 6.45) is 20.9. The van der Waals surface area contributed by atoms with Crippen LogP contribution in [0.1, 0.15) is 108 Å². The van der Waals surface area contributed by atoms with E-state index in [-0.39, 0.29) is 6.42 Å². The van der Waals surface area contributed by atoms with Gasteiger partial charge in [0.05, 0.1) is 0 Å². The molecule has 0 aliphatic rings. The minimum absolute atomic E-state index is 0.220. The van der Waals surface area contributed by atoms with Crippen LogP contribution in [0.25, 0.3) is 0 Å². The molecular formula is C30H46N3O2-. The third-order valence-electron chi connectivity index (χ3n) is 5.65. The van der Waals surface area contributed by atoms with Crippen molar-refractivity contribution in [3.8, 4) is 0 Å². The molecule has 35 heavy (non-hydrogen) atoms. The maximum Gasteiger partial charge on any atom is 0.227 e. The Morgan fingerprint density at radius 3 is 1.86 bits per heavy atom. The predicted molar refractivity (Wildman–Crippen MR) is 146 cm³/mol. The number of hydrogen-bond acceptors (Lipinski definition) is 5. The molecule has 1 aromatic carbocycles. The molecule has 0 fully saturated rings. The largest absolute Gasteiger partial charge is 0.550 e. The molecule has 0 unspecified atom stereocenters. The van der Waals surface area contributed by atoms with E-state index < -0.39 is 5.97 Å². The number of allylic oxidation sites excluding steroid dienone is 2. The highest BCUT2D eigenvalue weighted by molar-refractivity contribution is 5.64. The van der Waals surface area contributed by atoms with Gasteiger partial charge in [0.1, 0.15) is 0 Å². The Balaban J connectivity index is 0.000000362. The molecule has 0 spiro atoms. The van der Waals surface area contributed by atoms with Gasteiger partial charge in [-0.25, -0.2) is 9.97 Å². The van der Waals surface area contributed by atoms with Gasteiger partial charge in [0.2, 0.25) is 5.95 Å². The van der Waals surface area contributed by atoms with Crippen LogP contribution in [0.15, 0.2) is 48.6 Å². The first-order valence-electron chi connectivity index (χ1n) is 13.5. The summed E-state index contributed by atoms with van der Waals surface area (Å²) in [7, 11) is 0. The van der Waals surface area contributed by atoms with Gasteiger partial charge < -0.3 is 15.2 Å². The number of carboxylic acid groups (broad SMARTS) is 1. The molecule has 1 aromatic heterocycles. The van der Waals surface area contributed by atoms with Crippen molar-refractivity contribution in [3.05, 3.63) is 59.9 Å². The first-order chi connectivity index (χ1) is 17.0. The molecule has 0 atom stereocenters. The van der Waals surface area contributed by atoms with E-state index >= 15 is 0 Å². The highest BCUT2D eigenvalue weighted by atomic mass is 16.4. The van der Waals surface area contributed by atoms with Crippen LogP contribution in [0.2, 0.25) is 0 Å². The van der Waals surface area contributed by atoms with Crippen molar-refractivity contribution in [2.75, 3.05) is 5.32 Å². The molecule has 2 aromatic rings. The number of rotatable bonds is 17. The number of hydrogen-bond donors (Lipinski definition) is 1. The van der Waals surface area contributed by atoms with Gasteiger partial charge in [-0.2, -0.15) is 0 Å². The zero-order chi connectivity index (χ0) is 25.6. The zero-order valence-electron chi connectivity index (χ0n) is 22.2. The summed E-state index contributed by atoms with van der Waals surface area (Å²) in [5.74, 6) is -0.263. The van der Waals surface area contributed by atoms with E-state index in [2.05, 4.69) is 34.4 Å². The number of carbonyl (C=O) groups excluding carboxylic acids is 1. The van der Waals surface area contributed by atoms with Crippen molar-refractivity contribution in [1.29, 1.82) is 0 Å². The minimum atomic E-state index is -0.914. The first kappa shape index (κ1) is 30.3. The third-order valence-corrected chi connectivity index (χ3v) is 5.65. The zero-order valence-corrected chi connectivity index (χ0v) is 22.2. The van der Waals surface area contributed by atoms with Crippen LogP contribution in [0.5, 0.6) is 0 Å². The predicted octanol–water partition coefficient (Wildman–Crippen LogP) is 7.61. The van der Waals surface area contributed by atoms with E-state index in [0.29, 0.717) is 5.95 Å². The average molecular weight is 481 g/mol. The van der Waals surface area contributed by atoms with Gasteiger partial charge in [0, 0.05) is 23.0 Å². The van der Waals surface area contributed by atoms with Gasteiger partial charge in [0.15, 0.2) is 0 Å². The molecule has 0 amide bonds. The summed E-state index contributed by atoms with van der Waals surface area (Å²) in [5, 5.41) is 13.4. The van der Waals surface area contributed by atoms with Crippen molar-refractivity contribution in [2.24, 2.45) is 0 Å². The van der Waals surface area contributed by atoms with E-state index in [1.54, 1.807) is 0 Å². The number of para-hydroxylation sites is 1. The van der Waals surface area contributed by atoms with E-state index in [0.717, 1.165) is 36.3 Å². The fourth-order valence-corrected chi connectivity index (χ4v) is 3.77. The molecule has 2 rings (SSSR count). The molecule has 0 radical (unpaired) electrons. The van der Waals surface area contributed by atoms with Gasteiger partial charge in [-0.1, -0.05) is 88.6 Å². The van der Waals surface area contributed by atoms with E-state index in [4.69, 9.17) is 0 Å². The Labute approximate surface area is 213 Å². The van der Waals surface area contributed by atoms with Gasteiger partial charge in [-0.3, -0.25) is 0 Å². The number of nitrogens with zero attached hydrogens (tertiary/aromatic N) is 2. The molecule has 5 heteroatoms. The smallest absolute Gasteiger partial charge is 0.227 e. The highest BCUT2D eigenvalue weighted by Gasteiger charge is 1.99. The molecule has 0 aliphatic heterocycles. The Morgan fingerprint density at radius 1 is 0.800 bits per heavy atom. The van der Waals surface area contributed by atoms with Crippen LogP contribution in [-0.4, -0.2) is 15.9 Å². The number of aryl methyl sites for hydroxylation is 2. The Bertz CT molecular complexity index is 801. The lowest BCUT2D eigenvalue weighted by molar-refractivity contribution is -0.305. The fourth-order valence-electron chi connectivity index (χ4n) is 3.77. The number of anilines is 2. The summed E-state index contributed by atoms with van der Waals surface area (Å²) in [6, 6.07) is 11.9. The highest BCUT2D eigenvalue weighted by Crippen LogP contribution is 2.13. The van der Waals surface area contributed by atoms with Gasteiger partial charge >= 0.3 is 0 Å². The third kappa shape index (κ3) is 18.3. The Morgan fingerprint density at radius 2 is 1.31 bits per heavy atom. The topological polar surface area (TPSA) is 77.9 Å². The summed E-state index contributed by atoms with van der Waals surface area (Å²) < 4.78 is 0. The van der Waals surface area contributed by atoms with E-state index in [1.807, 2.05) is 50.2 Å². The van der Waals surface area contributed by atoms with E-state index in [9.17, 15) is 9.90 Å². The number of aromatic nitrogens is 2. The molecular weight excluding hydrogens is 434 g/mol. The Kier molecular flexibility index (Phi) is 17.9. The van der Waals surface area contributed by atoms with Crippen molar-refractivity contribution in [1.82, 2.24) is 9.97 Å². The van der Waals surface area contributed by atoms with E-state index in [1.165, 1.54) is 64.2 Å². The first-order valence-corrected chi connectivity index (χ1v) is 13.5. The lowest BCUT2D eigenvalue weighted by Crippen LogP contribution is -2.21. The number of carboxylic acids is 1. The van der Waals surface area contributed by atoms with Crippen molar-refractivity contribution < 1.29 is 9.90 Å². The van der Waals surface area contributed by atoms with Crippen LogP contribution in [0.4, 0.5) is 11.6 Å². The SMILES string of the molecule is CCCCCCCC/C=C\CCCCCCCC(=O)[O-].Cc1cc(C)nc(Nc2ccccc2)n1. The van der Waals surface area contributed by atoms with Gasteiger partial charge in [-0.05, 0) is 70.6 Å². The maximum atomic E-state index is 10.2. The summed E-state index contributed by atoms with van der Waals surface area (Å²) in [4.78, 5) is 18.8. The van der Waals surface area contributed by atoms with Gasteiger partial charge in [-0.15, -0.1) is 0 Å². The molecule has 1 N–H and O–H groups in total. The second-order valence-electron chi connectivity index (χ2n) is 9.17. The number of unbranched alkanes of at least 4 members (excludes halogenated alkanes) is 11. The van der Waals surface area contributed by atoms with Crippen molar-refractivity contribution in [2.45, 2.75) is 111 Å². The number of aliphatic carboxylic acids is 1. The molecule has 194 valence electrons. The lowest BCUT2D eigenvalue weighted by atomic mass is 10.1. The van der Waals surface area contributed by atoms with Crippen molar-refractivity contribution >= 4 is 17.6 Å². The number of carbonyl (C=O) groups is 1. The van der Waals surface area contributed by atoms with Gasteiger partial charge in [0.25, 0.3) is 0 Å². The van der Waals surface area contributed by atoms with Crippen LogP contribution < -0.4 is 10.4 Å². The number of nitrogens with one attached hydrogen (secondary N) is 1. The molecule has 0 saturated heterocycles. The monoisotopic (exact) mass is 480 g/mol. The summed E-state index contributed by atoms with van der Waals surface area (Å²) >= 11 is 0. The van der Waals surface area contributed by atoms with Crippen molar-refractivity contribution in [3.63, 3.8) is 0 Å². The number of benzene rings is 1. The summed E-state index contributed by atoms with van der Waals surface area (Å²) in [6.45, 7) is 6.18. The molecule has 0 bridgehead atoms. The fraction of sp³-hybridized carbons (Fsp3) is 0.567. The van der Waals surface area contributed by atoms with Crippen LogP contribution in [0.3, 0.4) is 0 Å². The summed E-state index contributed by atoms with van der Waals surface area (Å²) in [5.41, 5.74) is 2.95. The quantitative estimate of drug-likeness (QED) is 0.186. The second-order valence-corrected chi connectivity index (χ2v) is 9.17. The minimum Gasteiger partial charge on any atom is -0.550 e. The normalized spacial score (nSPS) is 10.7. The van der Waals surface area contributed by atoms with Crippen LogP contribution >= 0.6 is 0 Å². The lowest BCUT2D eigenvalue weighted by Gasteiger charge is -2.05. The molecule has 0 saturated carbocycles. The maximum absolute atomic E-state index is 10.2. The molecule has 5 nitrogen and oxygen atoms in total. The molecule has 0 aliphatic carbocycles. The molecule has 1 heterocycles. The Hall–Kier alpha value is -2.69. The van der Waals surface area contributed by atoms with Crippen LogP contribution in [-0.2, 0) is 4.79 Å². The second kappa shape index (κ2) is 20.7. The average Bonchev–Trinajstić information content (AvgIpc) is 2.82. The standard InChI is InChI=1S/C18H34O2.C12H13N3/c1-2-3-4-5-6-7-8-9-10-11-12-13-14-15-16-17-18(19)20;1-9-8-10(2)14-12(13-9)15-11-6-4-3-5-7-11/h9-10H,2-8,11-17H2,1H3,(H,19,20);3-8H,1-2H3,(H,13,14,15)/p-1/b10-9-;. The van der Waals surface area contributed by atoms with Crippen LogP contribution in [0, 0.1) is 13.8 Å².